The molecule has 2 rings (SSSR count). The van der Waals surface area contributed by atoms with Gasteiger partial charge in [0.2, 0.25) is 0 Å². The van der Waals surface area contributed by atoms with E-state index in [1.165, 1.54) is 0 Å². The van der Waals surface area contributed by atoms with Gasteiger partial charge in [0.15, 0.2) is 6.23 Å². The van der Waals surface area contributed by atoms with Crippen LogP contribution in [0.1, 0.15) is 6.23 Å². The van der Waals surface area contributed by atoms with Crippen LogP contribution in [0.3, 0.4) is 0 Å². The Balaban J connectivity index is 2.06. The molecule has 1 aromatic rings. The summed E-state index contributed by atoms with van der Waals surface area (Å²) in [4.78, 5) is 59.9. The number of aliphatic hydroxyl groups excluding tert-OH is 2. The second kappa shape index (κ2) is 8.61. The summed E-state index contributed by atoms with van der Waals surface area (Å²) in [7, 11) is -16.8. The molecule has 1 saturated heterocycles. The highest BCUT2D eigenvalue weighted by atomic mass is 31.3. The molecule has 166 valence electrons. The van der Waals surface area contributed by atoms with E-state index in [0.717, 1.165) is 12.3 Å². The minimum absolute atomic E-state index is 0.708. The Hall–Kier alpha value is -1.03. The fourth-order valence-electron chi connectivity index (χ4n) is 2.20. The SMILES string of the molecule is O=c1ccn([C@@H]2O[C@H](COP(=O)(O)OP(=O)(O)OP(=O)(O)O)[C@H](O)[C@H]2O)c(=O)[nH]1. The minimum Gasteiger partial charge on any atom is -0.387 e. The summed E-state index contributed by atoms with van der Waals surface area (Å²) in [5.74, 6) is 0. The molecule has 2 heterocycles. The molecule has 0 bridgehead atoms. The molecule has 0 spiro atoms. The number of aromatic amines is 1. The number of aromatic nitrogens is 2. The van der Waals surface area contributed by atoms with Crippen molar-refractivity contribution in [2.45, 2.75) is 24.5 Å². The lowest BCUT2D eigenvalue weighted by Gasteiger charge is -2.19. The second-order valence-electron chi connectivity index (χ2n) is 5.45. The Morgan fingerprint density at radius 3 is 2.21 bits per heavy atom. The van der Waals surface area contributed by atoms with Gasteiger partial charge in [-0.15, -0.1) is 0 Å². The average Bonchev–Trinajstić information content (AvgIpc) is 2.78. The molecule has 7 N–H and O–H groups in total. The van der Waals surface area contributed by atoms with Crippen molar-refractivity contribution in [3.63, 3.8) is 0 Å². The molecule has 0 amide bonds. The van der Waals surface area contributed by atoms with E-state index in [2.05, 4.69) is 13.1 Å². The number of hydrogen-bond donors (Lipinski definition) is 7. The van der Waals surface area contributed by atoms with Crippen molar-refractivity contribution in [3.05, 3.63) is 33.1 Å². The van der Waals surface area contributed by atoms with Crippen LogP contribution in [0.4, 0.5) is 0 Å². The number of rotatable bonds is 8. The molecule has 29 heavy (non-hydrogen) atoms. The summed E-state index contributed by atoms with van der Waals surface area (Å²) in [5.41, 5.74) is -1.74. The van der Waals surface area contributed by atoms with E-state index < -0.39 is 65.9 Å². The maximum Gasteiger partial charge on any atom is 0.490 e. The summed E-state index contributed by atoms with van der Waals surface area (Å²) in [5, 5.41) is 19.9. The Morgan fingerprint density at radius 2 is 1.66 bits per heavy atom. The molecule has 20 heteroatoms. The van der Waals surface area contributed by atoms with Crippen LogP contribution in [0.25, 0.3) is 0 Å². The standard InChI is InChI=1S/C9H15N2O15P3/c12-5-1-2-11(9(15)10-5)8-7(14)6(13)4(24-8)3-23-28(19,20)26-29(21,22)25-27(16,17)18/h1-2,4,6-8,13-14H,3H2,(H,19,20)(H,21,22)(H,10,12,15)(H2,16,17,18)/t4-,6+,7-,8-/m1/s1. The van der Waals surface area contributed by atoms with Gasteiger partial charge in [-0.1, -0.05) is 0 Å². The van der Waals surface area contributed by atoms with Gasteiger partial charge in [0.25, 0.3) is 5.56 Å². The van der Waals surface area contributed by atoms with Gasteiger partial charge in [0.05, 0.1) is 6.61 Å². The number of H-pyrrole nitrogens is 1. The highest BCUT2D eigenvalue weighted by Crippen LogP contribution is 2.66. The lowest BCUT2D eigenvalue weighted by atomic mass is 10.1. The van der Waals surface area contributed by atoms with E-state index in [1.807, 2.05) is 4.98 Å². The number of phosphoric acid groups is 3. The van der Waals surface area contributed by atoms with Gasteiger partial charge in [-0.25, -0.2) is 18.5 Å². The lowest BCUT2D eigenvalue weighted by molar-refractivity contribution is -0.0542. The van der Waals surface area contributed by atoms with Gasteiger partial charge < -0.3 is 34.5 Å². The van der Waals surface area contributed by atoms with Crippen molar-refractivity contribution in [2.24, 2.45) is 0 Å². The van der Waals surface area contributed by atoms with E-state index in [0.29, 0.717) is 4.57 Å². The first kappa shape index (κ1) is 24.2. The van der Waals surface area contributed by atoms with E-state index >= 15 is 0 Å². The van der Waals surface area contributed by atoms with Crippen LogP contribution in [0.2, 0.25) is 0 Å². The Kier molecular flexibility index (Phi) is 7.20. The molecular formula is C9H15N2O15P3. The molecular weight excluding hydrogens is 469 g/mol. The number of nitrogens with one attached hydrogen (secondary N) is 1. The van der Waals surface area contributed by atoms with Crippen molar-refractivity contribution in [1.82, 2.24) is 9.55 Å². The average molecular weight is 484 g/mol. The Bertz CT molecular complexity index is 997. The number of hydrogen-bond acceptors (Lipinski definition) is 11. The van der Waals surface area contributed by atoms with E-state index in [4.69, 9.17) is 19.4 Å². The van der Waals surface area contributed by atoms with Crippen LogP contribution in [-0.4, -0.2) is 64.3 Å². The van der Waals surface area contributed by atoms with Crippen molar-refractivity contribution >= 4 is 23.5 Å². The lowest BCUT2D eigenvalue weighted by Crippen LogP contribution is -2.37. The molecule has 1 aliphatic heterocycles. The van der Waals surface area contributed by atoms with Crippen LogP contribution in [0, 0.1) is 0 Å². The van der Waals surface area contributed by atoms with Gasteiger partial charge in [-0.2, -0.15) is 8.62 Å². The maximum atomic E-state index is 11.7. The third kappa shape index (κ3) is 6.73. The molecule has 0 radical (unpaired) electrons. The molecule has 0 aliphatic carbocycles. The highest BCUT2D eigenvalue weighted by molar-refractivity contribution is 7.66. The first-order valence-corrected chi connectivity index (χ1v) is 11.7. The van der Waals surface area contributed by atoms with Gasteiger partial charge in [-0.3, -0.25) is 18.9 Å². The number of aliphatic hydroxyl groups is 2. The van der Waals surface area contributed by atoms with E-state index in [1.54, 1.807) is 0 Å². The second-order valence-corrected chi connectivity index (χ2v) is 9.87. The molecule has 1 fully saturated rings. The summed E-state index contributed by atoms with van der Waals surface area (Å²) in [6.45, 7) is -1.05. The van der Waals surface area contributed by atoms with E-state index in [-0.39, 0.29) is 0 Å². The van der Waals surface area contributed by atoms with Crippen molar-refractivity contribution < 1.29 is 61.4 Å². The zero-order chi connectivity index (χ0) is 22.2. The zero-order valence-electron chi connectivity index (χ0n) is 13.8. The molecule has 1 aromatic heterocycles. The van der Waals surface area contributed by atoms with Crippen molar-refractivity contribution in [1.29, 1.82) is 0 Å². The predicted molar refractivity (Wildman–Crippen MR) is 87.1 cm³/mol. The van der Waals surface area contributed by atoms with Crippen molar-refractivity contribution in [2.75, 3.05) is 6.61 Å². The van der Waals surface area contributed by atoms with Crippen LogP contribution in [-0.2, 0) is 31.6 Å². The molecule has 6 atom stereocenters. The predicted octanol–water partition coefficient (Wildman–Crippen LogP) is -2.50. The smallest absolute Gasteiger partial charge is 0.387 e. The van der Waals surface area contributed by atoms with Crippen LogP contribution in [0.15, 0.2) is 21.9 Å². The number of phosphoric ester groups is 1. The fraction of sp³-hybridized carbons (Fsp3) is 0.556. The number of nitrogens with zero attached hydrogens (tertiary/aromatic N) is 1. The van der Waals surface area contributed by atoms with Gasteiger partial charge in [0, 0.05) is 12.3 Å². The number of ether oxygens (including phenoxy) is 1. The topological polar surface area (TPSA) is 264 Å². The van der Waals surface area contributed by atoms with Crippen LogP contribution in [0.5, 0.6) is 0 Å². The third-order valence-electron chi connectivity index (χ3n) is 3.28. The Morgan fingerprint density at radius 1 is 1.03 bits per heavy atom. The highest BCUT2D eigenvalue weighted by Gasteiger charge is 2.46. The first-order valence-electron chi connectivity index (χ1n) is 7.22. The van der Waals surface area contributed by atoms with Gasteiger partial charge in [-0.05, 0) is 0 Å². The summed E-state index contributed by atoms with van der Waals surface area (Å²) < 4.78 is 50.6. The van der Waals surface area contributed by atoms with Gasteiger partial charge in [0.1, 0.15) is 18.3 Å². The molecule has 0 saturated carbocycles. The monoisotopic (exact) mass is 484 g/mol. The summed E-state index contributed by atoms with van der Waals surface area (Å²) in [6, 6.07) is 0.920. The molecule has 1 aliphatic rings. The van der Waals surface area contributed by atoms with Gasteiger partial charge >= 0.3 is 29.2 Å². The minimum atomic E-state index is -5.73. The molecule has 2 unspecified atom stereocenters. The zero-order valence-corrected chi connectivity index (χ0v) is 16.5. The van der Waals surface area contributed by atoms with Crippen molar-refractivity contribution in [3.8, 4) is 0 Å². The third-order valence-corrected chi connectivity index (χ3v) is 7.08. The maximum absolute atomic E-state index is 11.7. The molecule has 0 aromatic carbocycles. The van der Waals surface area contributed by atoms with Crippen LogP contribution >= 0.6 is 23.5 Å². The normalized spacial score (nSPS) is 29.3. The Labute approximate surface area is 159 Å². The van der Waals surface area contributed by atoms with E-state index in [9.17, 15) is 38.4 Å². The summed E-state index contributed by atoms with van der Waals surface area (Å²) in [6.07, 6.45) is -5.70. The largest absolute Gasteiger partial charge is 0.490 e. The quantitative estimate of drug-likeness (QED) is 0.188. The summed E-state index contributed by atoms with van der Waals surface area (Å²) >= 11 is 0. The van der Waals surface area contributed by atoms with Crippen LogP contribution < -0.4 is 11.2 Å². The fourth-order valence-corrected chi connectivity index (χ4v) is 5.23. The molecule has 17 nitrogen and oxygen atoms in total. The first-order chi connectivity index (χ1) is 13.1.